The van der Waals surface area contributed by atoms with E-state index in [1.165, 1.54) is 12.3 Å². The van der Waals surface area contributed by atoms with Crippen LogP contribution in [0.15, 0.2) is 30.0 Å². The van der Waals surface area contributed by atoms with Gasteiger partial charge in [0.1, 0.15) is 17.7 Å². The zero-order valence-corrected chi connectivity index (χ0v) is 13.9. The Morgan fingerprint density at radius 2 is 1.96 bits per heavy atom. The fraction of sp³-hybridized carbons (Fsp3) is 0.267. The van der Waals surface area contributed by atoms with Gasteiger partial charge in [0, 0.05) is 11.9 Å². The van der Waals surface area contributed by atoms with E-state index in [4.69, 9.17) is 33.6 Å². The van der Waals surface area contributed by atoms with E-state index < -0.39 is 17.9 Å². The van der Waals surface area contributed by atoms with E-state index >= 15 is 0 Å². The number of carboxylic acid groups (broad SMARTS) is 1. The summed E-state index contributed by atoms with van der Waals surface area (Å²) >= 11 is 11.7. The summed E-state index contributed by atoms with van der Waals surface area (Å²) < 4.78 is 0. The number of benzene rings is 1. The van der Waals surface area contributed by atoms with E-state index in [1.54, 1.807) is 32.0 Å². The Hall–Kier alpha value is -2.23. The summed E-state index contributed by atoms with van der Waals surface area (Å²) in [5.74, 6) is -2.26. The van der Waals surface area contributed by atoms with Crippen LogP contribution in [0, 0.1) is 17.2 Å². The van der Waals surface area contributed by atoms with Crippen LogP contribution in [-0.2, 0) is 9.59 Å². The van der Waals surface area contributed by atoms with Crippen LogP contribution in [0.2, 0.25) is 10.0 Å². The highest BCUT2D eigenvalue weighted by molar-refractivity contribution is 6.42. The second-order valence-electron chi connectivity index (χ2n) is 4.98. The number of nitrogens with one attached hydrogen (secondary N) is 2. The zero-order valence-electron chi connectivity index (χ0n) is 12.4. The number of hydrogen-bond donors (Lipinski definition) is 3. The van der Waals surface area contributed by atoms with Crippen molar-refractivity contribution in [3.8, 4) is 6.07 Å². The summed E-state index contributed by atoms with van der Waals surface area (Å²) in [4.78, 5) is 23.1. The Morgan fingerprint density at radius 1 is 1.30 bits per heavy atom. The third-order valence-electron chi connectivity index (χ3n) is 2.89. The summed E-state index contributed by atoms with van der Waals surface area (Å²) in [7, 11) is 0. The maximum atomic E-state index is 12.0. The molecule has 0 heterocycles. The van der Waals surface area contributed by atoms with Gasteiger partial charge in [-0.05, 0) is 24.1 Å². The predicted molar refractivity (Wildman–Crippen MR) is 88.2 cm³/mol. The summed E-state index contributed by atoms with van der Waals surface area (Å²) in [6.07, 6.45) is 1.17. The molecule has 0 spiro atoms. The van der Waals surface area contributed by atoms with Crippen LogP contribution in [0.5, 0.6) is 0 Å². The quantitative estimate of drug-likeness (QED) is 0.537. The highest BCUT2D eigenvalue weighted by atomic mass is 35.5. The number of anilines is 1. The van der Waals surface area contributed by atoms with Crippen LogP contribution >= 0.6 is 23.2 Å². The van der Waals surface area contributed by atoms with E-state index in [0.717, 1.165) is 0 Å². The monoisotopic (exact) mass is 355 g/mol. The second kappa shape index (κ2) is 8.42. The van der Waals surface area contributed by atoms with Gasteiger partial charge in [-0.2, -0.15) is 5.26 Å². The summed E-state index contributed by atoms with van der Waals surface area (Å²) in [6, 6.07) is 5.34. The lowest BCUT2D eigenvalue weighted by atomic mass is 10.0. The number of carbonyl (C=O) groups excluding carboxylic acids is 1. The van der Waals surface area contributed by atoms with E-state index in [1.807, 2.05) is 0 Å². The first kappa shape index (κ1) is 18.8. The molecule has 122 valence electrons. The SMILES string of the molecule is CC(C)C(NC(=O)/C(C#N)=C\Nc1ccc(Cl)c(Cl)c1)C(=O)O. The number of nitrogens with zero attached hydrogens (tertiary/aromatic N) is 1. The Balaban J connectivity index is 2.86. The number of rotatable bonds is 6. The maximum Gasteiger partial charge on any atom is 0.326 e. The van der Waals surface area contributed by atoms with Gasteiger partial charge in [-0.15, -0.1) is 0 Å². The van der Waals surface area contributed by atoms with E-state index in [0.29, 0.717) is 15.7 Å². The fourth-order valence-electron chi connectivity index (χ4n) is 1.62. The molecule has 1 rings (SSSR count). The van der Waals surface area contributed by atoms with Gasteiger partial charge in [0.05, 0.1) is 10.0 Å². The molecule has 0 aliphatic carbocycles. The standard InChI is InChI=1S/C15H15Cl2N3O3/c1-8(2)13(15(22)23)20-14(21)9(6-18)7-19-10-3-4-11(16)12(17)5-10/h3-5,7-8,13,19H,1-2H3,(H,20,21)(H,22,23)/b9-7-. The predicted octanol–water partition coefficient (Wildman–Crippen LogP) is 3.04. The van der Waals surface area contributed by atoms with Gasteiger partial charge in [0.25, 0.3) is 5.91 Å². The topological polar surface area (TPSA) is 102 Å². The molecule has 0 bridgehead atoms. The minimum Gasteiger partial charge on any atom is -0.480 e. The minimum absolute atomic E-state index is 0.261. The van der Waals surface area contributed by atoms with Crippen molar-refractivity contribution in [1.82, 2.24) is 5.32 Å². The number of amides is 1. The minimum atomic E-state index is -1.16. The van der Waals surface area contributed by atoms with Crippen molar-refractivity contribution in [1.29, 1.82) is 5.26 Å². The molecule has 0 fully saturated rings. The summed E-state index contributed by atoms with van der Waals surface area (Å²) in [5.41, 5.74) is 0.265. The molecule has 3 N–H and O–H groups in total. The summed E-state index contributed by atoms with van der Waals surface area (Å²) in [5, 5.41) is 23.8. The lowest BCUT2D eigenvalue weighted by Gasteiger charge is -2.17. The molecule has 1 unspecified atom stereocenters. The molecule has 6 nitrogen and oxygen atoms in total. The third-order valence-corrected chi connectivity index (χ3v) is 3.63. The second-order valence-corrected chi connectivity index (χ2v) is 5.79. The Kier molecular flexibility index (Phi) is 6.89. The first-order valence-corrected chi connectivity index (χ1v) is 7.37. The molecule has 8 heteroatoms. The third kappa shape index (κ3) is 5.47. The average molecular weight is 356 g/mol. The molecule has 0 aliphatic rings. The lowest BCUT2D eigenvalue weighted by molar-refractivity contribution is -0.142. The average Bonchev–Trinajstić information content (AvgIpc) is 2.48. The van der Waals surface area contributed by atoms with Gasteiger partial charge >= 0.3 is 5.97 Å². The molecule has 0 aliphatic heterocycles. The van der Waals surface area contributed by atoms with Crippen LogP contribution in [0.4, 0.5) is 5.69 Å². The van der Waals surface area contributed by atoms with Crippen molar-refractivity contribution in [3.05, 3.63) is 40.0 Å². The zero-order chi connectivity index (χ0) is 17.6. The molecular formula is C15H15Cl2N3O3. The van der Waals surface area contributed by atoms with Crippen LogP contribution in [-0.4, -0.2) is 23.0 Å². The van der Waals surface area contributed by atoms with Crippen molar-refractivity contribution in [2.24, 2.45) is 5.92 Å². The van der Waals surface area contributed by atoms with Crippen LogP contribution in [0.1, 0.15) is 13.8 Å². The van der Waals surface area contributed by atoms with E-state index in [-0.39, 0.29) is 11.5 Å². The number of carboxylic acids is 1. The van der Waals surface area contributed by atoms with Crippen molar-refractivity contribution in [3.63, 3.8) is 0 Å². The van der Waals surface area contributed by atoms with Crippen molar-refractivity contribution < 1.29 is 14.7 Å². The maximum absolute atomic E-state index is 12.0. The highest BCUT2D eigenvalue weighted by Crippen LogP contribution is 2.25. The number of carbonyl (C=O) groups is 2. The molecule has 0 saturated carbocycles. The fourth-order valence-corrected chi connectivity index (χ4v) is 1.92. The Morgan fingerprint density at radius 3 is 2.43 bits per heavy atom. The molecule has 1 atom stereocenters. The lowest BCUT2D eigenvalue weighted by Crippen LogP contribution is -2.44. The van der Waals surface area contributed by atoms with Crippen molar-refractivity contribution >= 4 is 40.8 Å². The van der Waals surface area contributed by atoms with Crippen molar-refractivity contribution in [2.75, 3.05) is 5.32 Å². The number of halogens is 2. The van der Waals surface area contributed by atoms with Crippen LogP contribution in [0.3, 0.4) is 0 Å². The van der Waals surface area contributed by atoms with Gasteiger partial charge in [0.2, 0.25) is 0 Å². The molecule has 0 aromatic heterocycles. The summed E-state index contributed by atoms with van der Waals surface area (Å²) in [6.45, 7) is 3.31. The van der Waals surface area contributed by atoms with Gasteiger partial charge in [0.15, 0.2) is 0 Å². The van der Waals surface area contributed by atoms with Crippen LogP contribution < -0.4 is 10.6 Å². The number of aliphatic carboxylic acids is 1. The van der Waals surface area contributed by atoms with E-state index in [9.17, 15) is 9.59 Å². The molecule has 1 aromatic rings. The van der Waals surface area contributed by atoms with Crippen molar-refractivity contribution in [2.45, 2.75) is 19.9 Å². The smallest absolute Gasteiger partial charge is 0.326 e. The molecule has 0 saturated heterocycles. The molecule has 23 heavy (non-hydrogen) atoms. The Bertz CT molecular complexity index is 681. The molecule has 1 amide bonds. The van der Waals surface area contributed by atoms with Gasteiger partial charge in [-0.3, -0.25) is 4.79 Å². The molecular weight excluding hydrogens is 341 g/mol. The van der Waals surface area contributed by atoms with Gasteiger partial charge in [-0.1, -0.05) is 37.0 Å². The van der Waals surface area contributed by atoms with Crippen LogP contribution in [0.25, 0.3) is 0 Å². The number of hydrogen-bond acceptors (Lipinski definition) is 4. The first-order valence-electron chi connectivity index (χ1n) is 6.61. The molecule has 0 radical (unpaired) electrons. The number of nitriles is 1. The van der Waals surface area contributed by atoms with E-state index in [2.05, 4.69) is 10.6 Å². The highest BCUT2D eigenvalue weighted by Gasteiger charge is 2.24. The normalized spacial score (nSPS) is 12.4. The Labute approximate surface area is 143 Å². The first-order chi connectivity index (χ1) is 10.8. The largest absolute Gasteiger partial charge is 0.480 e. The molecule has 1 aromatic carbocycles. The van der Waals surface area contributed by atoms with Gasteiger partial charge in [-0.25, -0.2) is 4.79 Å². The van der Waals surface area contributed by atoms with Gasteiger partial charge < -0.3 is 15.7 Å².